The normalized spacial score (nSPS) is 18.0. The molecule has 8 heteroatoms. The second-order valence-corrected chi connectivity index (χ2v) is 8.02. The van der Waals surface area contributed by atoms with Crippen molar-refractivity contribution in [3.63, 3.8) is 0 Å². The van der Waals surface area contributed by atoms with E-state index in [1.165, 1.54) is 31.4 Å². The van der Waals surface area contributed by atoms with Gasteiger partial charge >= 0.3 is 5.97 Å². The predicted octanol–water partition coefficient (Wildman–Crippen LogP) is 1.40. The number of sulfonamides is 1. The standard InChI is InChI=1S/C17H24N2O5S/c1-13-5-4-10-19(12-13)16(20)8-9-18-25(22,23)15-7-3-6-14(11-15)17(21)24-2/h3,6-7,11,13,18H,4-5,8-10,12H2,1-2H3. The molecule has 1 fully saturated rings. The molecule has 1 atom stereocenters. The molecule has 25 heavy (non-hydrogen) atoms. The third kappa shape index (κ3) is 5.27. The van der Waals surface area contributed by atoms with Gasteiger partial charge in [-0.2, -0.15) is 0 Å². The first kappa shape index (κ1) is 19.4. The fourth-order valence-corrected chi connectivity index (χ4v) is 3.94. The number of nitrogens with one attached hydrogen (secondary N) is 1. The Labute approximate surface area is 148 Å². The van der Waals surface area contributed by atoms with Gasteiger partial charge in [-0.15, -0.1) is 0 Å². The first-order chi connectivity index (χ1) is 11.8. The maximum atomic E-state index is 12.3. The van der Waals surface area contributed by atoms with Crippen LogP contribution in [0.4, 0.5) is 0 Å². The lowest BCUT2D eigenvalue weighted by Gasteiger charge is -2.31. The van der Waals surface area contributed by atoms with E-state index in [0.29, 0.717) is 5.92 Å². The molecule has 7 nitrogen and oxygen atoms in total. The molecule has 0 radical (unpaired) electrons. The van der Waals surface area contributed by atoms with Crippen LogP contribution in [-0.4, -0.2) is 51.9 Å². The fourth-order valence-electron chi connectivity index (χ4n) is 2.86. The van der Waals surface area contributed by atoms with E-state index < -0.39 is 16.0 Å². The number of hydrogen-bond donors (Lipinski definition) is 1. The van der Waals surface area contributed by atoms with Gasteiger partial charge in [-0.3, -0.25) is 4.79 Å². The van der Waals surface area contributed by atoms with Crippen molar-refractivity contribution < 1.29 is 22.7 Å². The van der Waals surface area contributed by atoms with Crippen molar-refractivity contribution in [2.45, 2.75) is 31.1 Å². The zero-order valence-electron chi connectivity index (χ0n) is 14.5. The van der Waals surface area contributed by atoms with E-state index in [1.807, 2.05) is 0 Å². The summed E-state index contributed by atoms with van der Waals surface area (Å²) in [7, 11) is -2.56. The summed E-state index contributed by atoms with van der Waals surface area (Å²) in [6, 6.07) is 5.60. The van der Waals surface area contributed by atoms with Crippen molar-refractivity contribution in [2.24, 2.45) is 5.92 Å². The highest BCUT2D eigenvalue weighted by Crippen LogP contribution is 2.16. The van der Waals surface area contributed by atoms with Crippen LogP contribution in [-0.2, 0) is 19.6 Å². The summed E-state index contributed by atoms with van der Waals surface area (Å²) in [5.74, 6) is -0.167. The maximum Gasteiger partial charge on any atom is 0.337 e. The van der Waals surface area contributed by atoms with Crippen LogP contribution in [0.2, 0.25) is 0 Å². The highest BCUT2D eigenvalue weighted by atomic mass is 32.2. The third-order valence-electron chi connectivity index (χ3n) is 4.21. The Morgan fingerprint density at radius 3 is 2.80 bits per heavy atom. The molecule has 1 heterocycles. The van der Waals surface area contributed by atoms with E-state index in [1.54, 1.807) is 4.90 Å². The van der Waals surface area contributed by atoms with Gasteiger partial charge in [0.15, 0.2) is 0 Å². The minimum absolute atomic E-state index is 0.0223. The third-order valence-corrected chi connectivity index (χ3v) is 5.66. The topological polar surface area (TPSA) is 92.8 Å². The summed E-state index contributed by atoms with van der Waals surface area (Å²) < 4.78 is 31.6. The molecular weight excluding hydrogens is 344 g/mol. The van der Waals surface area contributed by atoms with Crippen molar-refractivity contribution in [1.82, 2.24) is 9.62 Å². The van der Waals surface area contributed by atoms with E-state index in [4.69, 9.17) is 0 Å². The van der Waals surface area contributed by atoms with E-state index in [2.05, 4.69) is 16.4 Å². The van der Waals surface area contributed by atoms with Gasteiger partial charge in [0.2, 0.25) is 15.9 Å². The number of hydrogen-bond acceptors (Lipinski definition) is 5. The Kier molecular flexibility index (Phi) is 6.55. The van der Waals surface area contributed by atoms with Crippen LogP contribution in [0.3, 0.4) is 0 Å². The summed E-state index contributed by atoms with van der Waals surface area (Å²) >= 11 is 0. The molecule has 1 saturated heterocycles. The predicted molar refractivity (Wildman–Crippen MR) is 92.6 cm³/mol. The minimum Gasteiger partial charge on any atom is -0.465 e. The second kappa shape index (κ2) is 8.44. The lowest BCUT2D eigenvalue weighted by molar-refractivity contribution is -0.132. The van der Waals surface area contributed by atoms with E-state index in [0.717, 1.165) is 25.9 Å². The number of ether oxygens (including phenoxy) is 1. The molecule has 1 aliphatic rings. The number of piperidine rings is 1. The Bertz CT molecular complexity index is 732. The SMILES string of the molecule is COC(=O)c1cccc(S(=O)(=O)NCCC(=O)N2CCCC(C)C2)c1. The number of amides is 1. The summed E-state index contributed by atoms with van der Waals surface area (Å²) in [5, 5.41) is 0. The Hall–Kier alpha value is -1.93. The van der Waals surface area contributed by atoms with Crippen LogP contribution >= 0.6 is 0 Å². The molecule has 2 rings (SSSR count). The number of carbonyl (C=O) groups is 2. The molecule has 0 aromatic heterocycles. The van der Waals surface area contributed by atoms with Crippen LogP contribution in [0.15, 0.2) is 29.2 Å². The molecule has 1 N–H and O–H groups in total. The fraction of sp³-hybridized carbons (Fsp3) is 0.529. The number of rotatable bonds is 6. The number of nitrogens with zero attached hydrogens (tertiary/aromatic N) is 1. The van der Waals surface area contributed by atoms with E-state index >= 15 is 0 Å². The van der Waals surface area contributed by atoms with Gasteiger partial charge in [-0.25, -0.2) is 17.9 Å². The molecule has 0 bridgehead atoms. The lowest BCUT2D eigenvalue weighted by atomic mass is 10.0. The highest BCUT2D eigenvalue weighted by molar-refractivity contribution is 7.89. The summed E-state index contributed by atoms with van der Waals surface area (Å²) in [6.07, 6.45) is 2.22. The number of methoxy groups -OCH3 is 1. The number of likely N-dealkylation sites (tertiary alicyclic amines) is 1. The van der Waals surface area contributed by atoms with Crippen molar-refractivity contribution in [3.8, 4) is 0 Å². The van der Waals surface area contributed by atoms with E-state index in [-0.39, 0.29) is 29.3 Å². The molecule has 0 aliphatic carbocycles. The summed E-state index contributed by atoms with van der Waals surface area (Å²) in [5.41, 5.74) is 0.156. The monoisotopic (exact) mass is 368 g/mol. The van der Waals surface area contributed by atoms with Crippen LogP contribution in [0, 0.1) is 5.92 Å². The lowest BCUT2D eigenvalue weighted by Crippen LogP contribution is -2.40. The molecule has 0 saturated carbocycles. The molecule has 138 valence electrons. The number of benzene rings is 1. The summed E-state index contributed by atoms with van der Waals surface area (Å²) in [6.45, 7) is 3.59. The molecule has 1 aromatic carbocycles. The van der Waals surface area contributed by atoms with Gasteiger partial charge in [0.1, 0.15) is 0 Å². The molecular formula is C17H24N2O5S. The van der Waals surface area contributed by atoms with Gasteiger partial charge in [0.05, 0.1) is 17.6 Å². The summed E-state index contributed by atoms with van der Waals surface area (Å²) in [4.78, 5) is 25.4. The Morgan fingerprint density at radius 1 is 1.36 bits per heavy atom. The van der Waals surface area contributed by atoms with Crippen molar-refractivity contribution in [2.75, 3.05) is 26.7 Å². The van der Waals surface area contributed by atoms with E-state index in [9.17, 15) is 18.0 Å². The second-order valence-electron chi connectivity index (χ2n) is 6.25. The number of carbonyl (C=O) groups excluding carboxylic acids is 2. The molecule has 1 aliphatic heterocycles. The molecule has 1 unspecified atom stereocenters. The maximum absolute atomic E-state index is 12.3. The van der Waals surface area contributed by atoms with Gasteiger partial charge < -0.3 is 9.64 Å². The van der Waals surface area contributed by atoms with Crippen LogP contribution < -0.4 is 4.72 Å². The minimum atomic E-state index is -3.79. The molecule has 1 aromatic rings. The molecule has 1 amide bonds. The average Bonchev–Trinajstić information content (AvgIpc) is 2.61. The smallest absolute Gasteiger partial charge is 0.337 e. The van der Waals surface area contributed by atoms with Crippen LogP contribution in [0.25, 0.3) is 0 Å². The first-order valence-corrected chi connectivity index (χ1v) is 9.77. The largest absolute Gasteiger partial charge is 0.465 e. The van der Waals surface area contributed by atoms with Crippen molar-refractivity contribution >= 4 is 21.9 Å². The van der Waals surface area contributed by atoms with Gasteiger partial charge in [-0.1, -0.05) is 13.0 Å². The average molecular weight is 368 g/mol. The van der Waals surface area contributed by atoms with Crippen LogP contribution in [0.1, 0.15) is 36.5 Å². The Balaban J connectivity index is 1.93. The van der Waals surface area contributed by atoms with Gasteiger partial charge in [-0.05, 0) is 37.0 Å². The zero-order chi connectivity index (χ0) is 18.4. The van der Waals surface area contributed by atoms with Crippen LogP contribution in [0.5, 0.6) is 0 Å². The molecule has 0 spiro atoms. The number of esters is 1. The van der Waals surface area contributed by atoms with Gasteiger partial charge in [0.25, 0.3) is 0 Å². The van der Waals surface area contributed by atoms with Gasteiger partial charge in [0, 0.05) is 26.1 Å². The quantitative estimate of drug-likeness (QED) is 0.766. The van der Waals surface area contributed by atoms with Crippen molar-refractivity contribution in [1.29, 1.82) is 0 Å². The first-order valence-electron chi connectivity index (χ1n) is 8.29. The van der Waals surface area contributed by atoms with Crippen molar-refractivity contribution in [3.05, 3.63) is 29.8 Å². The Morgan fingerprint density at radius 2 is 2.12 bits per heavy atom. The zero-order valence-corrected chi connectivity index (χ0v) is 15.3. The highest BCUT2D eigenvalue weighted by Gasteiger charge is 2.22.